The Bertz CT molecular complexity index is 292. The molecular formula is C11H14N2S. The van der Waals surface area contributed by atoms with E-state index in [-0.39, 0.29) is 6.04 Å². The highest BCUT2D eigenvalue weighted by Crippen LogP contribution is 2.09. The van der Waals surface area contributed by atoms with Crippen molar-refractivity contribution in [3.8, 4) is 6.07 Å². The van der Waals surface area contributed by atoms with Gasteiger partial charge < -0.3 is 5.32 Å². The van der Waals surface area contributed by atoms with Crippen molar-refractivity contribution in [2.75, 3.05) is 17.3 Å². The molecule has 1 unspecified atom stereocenters. The molecule has 0 radical (unpaired) electrons. The van der Waals surface area contributed by atoms with Crippen molar-refractivity contribution in [1.82, 2.24) is 0 Å². The molecule has 74 valence electrons. The third-order valence-electron chi connectivity index (χ3n) is 1.88. The minimum absolute atomic E-state index is 0.0788. The van der Waals surface area contributed by atoms with Crippen LogP contribution in [0.15, 0.2) is 30.3 Å². The lowest BCUT2D eigenvalue weighted by Crippen LogP contribution is -2.17. The number of benzene rings is 1. The molecule has 1 N–H and O–H groups in total. The lowest BCUT2D eigenvalue weighted by molar-refractivity contribution is 0.855. The number of para-hydroxylation sites is 1. The minimum atomic E-state index is -0.0788. The Morgan fingerprint density at radius 3 is 2.71 bits per heavy atom. The van der Waals surface area contributed by atoms with Crippen molar-refractivity contribution < 1.29 is 0 Å². The van der Waals surface area contributed by atoms with E-state index in [0.717, 1.165) is 17.9 Å². The van der Waals surface area contributed by atoms with Gasteiger partial charge in [0.2, 0.25) is 0 Å². The monoisotopic (exact) mass is 206 g/mol. The average Bonchev–Trinajstić information content (AvgIpc) is 2.25. The first-order chi connectivity index (χ1) is 6.86. The van der Waals surface area contributed by atoms with Gasteiger partial charge in [-0.25, -0.2) is 0 Å². The second kappa shape index (κ2) is 6.33. The summed E-state index contributed by atoms with van der Waals surface area (Å²) in [7, 11) is 0. The first kappa shape index (κ1) is 10.9. The van der Waals surface area contributed by atoms with Gasteiger partial charge in [0.25, 0.3) is 0 Å². The van der Waals surface area contributed by atoms with Crippen LogP contribution in [0.1, 0.15) is 6.42 Å². The van der Waals surface area contributed by atoms with E-state index >= 15 is 0 Å². The Hall–Kier alpha value is -1.14. The Kier molecular flexibility index (Phi) is 4.95. The van der Waals surface area contributed by atoms with Crippen molar-refractivity contribution in [3.05, 3.63) is 30.3 Å². The molecule has 0 spiro atoms. The summed E-state index contributed by atoms with van der Waals surface area (Å²) in [6, 6.07) is 12.0. The summed E-state index contributed by atoms with van der Waals surface area (Å²) in [6.45, 7) is 0. The van der Waals surface area contributed by atoms with E-state index in [4.69, 9.17) is 5.26 Å². The molecular weight excluding hydrogens is 192 g/mol. The third kappa shape index (κ3) is 3.71. The van der Waals surface area contributed by atoms with Crippen LogP contribution in [0.5, 0.6) is 0 Å². The molecule has 0 aromatic heterocycles. The van der Waals surface area contributed by atoms with Gasteiger partial charge in [0.15, 0.2) is 0 Å². The van der Waals surface area contributed by atoms with E-state index in [1.165, 1.54) is 0 Å². The molecule has 0 bridgehead atoms. The Balaban J connectivity index is 2.46. The number of hydrogen-bond acceptors (Lipinski definition) is 3. The standard InChI is InChI=1S/C11H14N2S/c1-14-8-7-11(9-12)13-10-5-3-2-4-6-10/h2-6,11,13H,7-8H2,1H3. The number of anilines is 1. The Morgan fingerprint density at radius 1 is 1.43 bits per heavy atom. The summed E-state index contributed by atoms with van der Waals surface area (Å²) in [6.07, 6.45) is 2.93. The minimum Gasteiger partial charge on any atom is -0.370 e. The molecule has 1 atom stereocenters. The van der Waals surface area contributed by atoms with Crippen LogP contribution in [-0.2, 0) is 0 Å². The van der Waals surface area contributed by atoms with Gasteiger partial charge >= 0.3 is 0 Å². The van der Waals surface area contributed by atoms with Gasteiger partial charge in [-0.2, -0.15) is 17.0 Å². The first-order valence-corrected chi connectivity index (χ1v) is 5.96. The van der Waals surface area contributed by atoms with Gasteiger partial charge in [0.05, 0.1) is 6.07 Å². The van der Waals surface area contributed by atoms with Gasteiger partial charge in [-0.05, 0) is 30.6 Å². The van der Waals surface area contributed by atoms with E-state index in [2.05, 4.69) is 17.6 Å². The normalized spacial score (nSPS) is 11.7. The fourth-order valence-corrected chi connectivity index (χ4v) is 1.61. The van der Waals surface area contributed by atoms with E-state index in [1.807, 2.05) is 30.3 Å². The first-order valence-electron chi connectivity index (χ1n) is 4.57. The number of nitriles is 1. The van der Waals surface area contributed by atoms with Crippen molar-refractivity contribution in [2.24, 2.45) is 0 Å². The van der Waals surface area contributed by atoms with Crippen LogP contribution in [0.3, 0.4) is 0 Å². The van der Waals surface area contributed by atoms with Crippen molar-refractivity contribution in [1.29, 1.82) is 5.26 Å². The second-order valence-electron chi connectivity index (χ2n) is 2.97. The molecule has 1 rings (SSSR count). The molecule has 0 aliphatic rings. The quantitative estimate of drug-likeness (QED) is 0.804. The van der Waals surface area contributed by atoms with Crippen molar-refractivity contribution >= 4 is 17.4 Å². The predicted octanol–water partition coefficient (Wildman–Crippen LogP) is 2.74. The SMILES string of the molecule is CSCCC(C#N)Nc1ccccc1. The summed E-state index contributed by atoms with van der Waals surface area (Å²) < 4.78 is 0. The average molecular weight is 206 g/mol. The van der Waals surface area contributed by atoms with Gasteiger partial charge in [-0.3, -0.25) is 0 Å². The van der Waals surface area contributed by atoms with Gasteiger partial charge in [-0.15, -0.1) is 0 Å². The largest absolute Gasteiger partial charge is 0.370 e. The van der Waals surface area contributed by atoms with Crippen LogP contribution >= 0.6 is 11.8 Å². The molecule has 0 fully saturated rings. The number of hydrogen-bond donors (Lipinski definition) is 1. The zero-order valence-corrected chi connectivity index (χ0v) is 9.05. The number of nitrogens with one attached hydrogen (secondary N) is 1. The smallest absolute Gasteiger partial charge is 0.115 e. The fraction of sp³-hybridized carbons (Fsp3) is 0.364. The topological polar surface area (TPSA) is 35.8 Å². The highest BCUT2D eigenvalue weighted by atomic mass is 32.2. The van der Waals surface area contributed by atoms with Gasteiger partial charge in [0.1, 0.15) is 6.04 Å². The zero-order valence-electron chi connectivity index (χ0n) is 8.23. The summed E-state index contributed by atoms with van der Waals surface area (Å²) in [4.78, 5) is 0. The predicted molar refractivity (Wildman–Crippen MR) is 62.5 cm³/mol. The van der Waals surface area contributed by atoms with Crippen molar-refractivity contribution in [3.63, 3.8) is 0 Å². The maximum Gasteiger partial charge on any atom is 0.115 e. The number of thioether (sulfide) groups is 1. The van der Waals surface area contributed by atoms with Crippen LogP contribution in [0.4, 0.5) is 5.69 Å². The van der Waals surface area contributed by atoms with E-state index in [0.29, 0.717) is 0 Å². The molecule has 0 heterocycles. The summed E-state index contributed by atoms with van der Waals surface area (Å²) in [5.41, 5.74) is 1.01. The third-order valence-corrected chi connectivity index (χ3v) is 2.53. The number of rotatable bonds is 5. The lowest BCUT2D eigenvalue weighted by Gasteiger charge is -2.11. The molecule has 0 aliphatic carbocycles. The van der Waals surface area contributed by atoms with Crippen LogP contribution in [0.25, 0.3) is 0 Å². The molecule has 1 aromatic rings. The molecule has 14 heavy (non-hydrogen) atoms. The highest BCUT2D eigenvalue weighted by Gasteiger charge is 2.05. The molecule has 0 saturated heterocycles. The Morgan fingerprint density at radius 2 is 2.14 bits per heavy atom. The van der Waals surface area contributed by atoms with Crippen LogP contribution < -0.4 is 5.32 Å². The fourth-order valence-electron chi connectivity index (χ4n) is 1.14. The van der Waals surface area contributed by atoms with E-state index in [1.54, 1.807) is 11.8 Å². The van der Waals surface area contributed by atoms with Crippen LogP contribution in [0, 0.1) is 11.3 Å². The Labute approximate surface area is 89.3 Å². The summed E-state index contributed by atoms with van der Waals surface area (Å²) >= 11 is 1.76. The zero-order chi connectivity index (χ0) is 10.2. The lowest BCUT2D eigenvalue weighted by atomic mass is 10.2. The van der Waals surface area contributed by atoms with Crippen LogP contribution in [0.2, 0.25) is 0 Å². The highest BCUT2D eigenvalue weighted by molar-refractivity contribution is 7.98. The van der Waals surface area contributed by atoms with E-state index in [9.17, 15) is 0 Å². The van der Waals surface area contributed by atoms with Crippen molar-refractivity contribution in [2.45, 2.75) is 12.5 Å². The number of nitrogens with zero attached hydrogens (tertiary/aromatic N) is 1. The molecule has 0 saturated carbocycles. The molecule has 1 aromatic carbocycles. The summed E-state index contributed by atoms with van der Waals surface area (Å²) in [5.74, 6) is 1.01. The molecule has 0 aliphatic heterocycles. The molecule has 3 heteroatoms. The maximum atomic E-state index is 8.89. The van der Waals surface area contributed by atoms with Gasteiger partial charge in [0, 0.05) is 5.69 Å². The second-order valence-corrected chi connectivity index (χ2v) is 3.96. The summed E-state index contributed by atoms with van der Waals surface area (Å²) in [5, 5.41) is 12.1. The molecule has 0 amide bonds. The molecule has 2 nitrogen and oxygen atoms in total. The van der Waals surface area contributed by atoms with Crippen LogP contribution in [-0.4, -0.2) is 18.1 Å². The van der Waals surface area contributed by atoms with Gasteiger partial charge in [-0.1, -0.05) is 18.2 Å². The van der Waals surface area contributed by atoms with E-state index < -0.39 is 0 Å². The maximum absolute atomic E-state index is 8.89.